The molecule has 0 spiro atoms. The third-order valence-corrected chi connectivity index (χ3v) is 3.47. The van der Waals surface area contributed by atoms with Crippen LogP contribution in [0.25, 0.3) is 10.8 Å². The first-order valence-corrected chi connectivity index (χ1v) is 6.88. The predicted molar refractivity (Wildman–Crippen MR) is 83.1 cm³/mol. The van der Waals surface area contributed by atoms with Crippen LogP contribution < -0.4 is 10.1 Å². The number of nitrogens with one attached hydrogen (secondary N) is 1. The molecule has 0 atom stereocenters. The Hall–Kier alpha value is -2.46. The van der Waals surface area contributed by atoms with Gasteiger partial charge in [-0.1, -0.05) is 30.3 Å². The van der Waals surface area contributed by atoms with Gasteiger partial charge in [-0.25, -0.2) is 9.97 Å². The van der Waals surface area contributed by atoms with Crippen molar-refractivity contribution in [2.75, 3.05) is 7.11 Å². The summed E-state index contributed by atoms with van der Waals surface area (Å²) in [5.74, 6) is 0.906. The third-order valence-electron chi connectivity index (χ3n) is 3.47. The summed E-state index contributed by atoms with van der Waals surface area (Å²) in [5, 5.41) is 5.85. The monoisotopic (exact) mass is 279 g/mol. The summed E-state index contributed by atoms with van der Waals surface area (Å²) in [4.78, 5) is 8.13. The summed E-state index contributed by atoms with van der Waals surface area (Å²) >= 11 is 0. The van der Waals surface area contributed by atoms with Crippen LogP contribution in [0.1, 0.15) is 11.3 Å². The maximum absolute atomic E-state index is 5.49. The minimum atomic E-state index is 0.703. The van der Waals surface area contributed by atoms with Gasteiger partial charge in [-0.15, -0.1) is 0 Å². The fraction of sp³-hybridized carbons (Fsp3) is 0.176. The van der Waals surface area contributed by atoms with E-state index in [2.05, 4.69) is 39.6 Å². The van der Waals surface area contributed by atoms with E-state index in [0.29, 0.717) is 6.54 Å². The number of ether oxygens (including phenoxy) is 1. The molecule has 0 bridgehead atoms. The lowest BCUT2D eigenvalue weighted by Gasteiger charge is -2.13. The van der Waals surface area contributed by atoms with Crippen LogP contribution in [0.3, 0.4) is 0 Å². The molecule has 0 amide bonds. The van der Waals surface area contributed by atoms with Gasteiger partial charge in [0.1, 0.15) is 12.1 Å². The summed E-state index contributed by atoms with van der Waals surface area (Å²) in [6.07, 6.45) is 3.32. The number of fused-ring (bicyclic) bond motifs is 1. The second-order valence-corrected chi connectivity index (χ2v) is 4.77. The second kappa shape index (κ2) is 6.33. The highest BCUT2D eigenvalue weighted by atomic mass is 16.5. The van der Waals surface area contributed by atoms with E-state index in [0.717, 1.165) is 18.0 Å². The lowest BCUT2D eigenvalue weighted by atomic mass is 10.0. The minimum absolute atomic E-state index is 0.703. The van der Waals surface area contributed by atoms with Crippen molar-refractivity contribution in [1.29, 1.82) is 0 Å². The predicted octanol–water partition coefficient (Wildman–Crippen LogP) is 2.93. The molecule has 3 aromatic rings. The van der Waals surface area contributed by atoms with Gasteiger partial charge in [0.25, 0.3) is 0 Å². The highest BCUT2D eigenvalue weighted by molar-refractivity contribution is 5.87. The van der Waals surface area contributed by atoms with Gasteiger partial charge in [0, 0.05) is 24.8 Å². The molecule has 0 aliphatic heterocycles. The SMILES string of the molecule is COc1ccc2ccccc2c1CNCc1ccncn1. The summed E-state index contributed by atoms with van der Waals surface area (Å²) in [5.41, 5.74) is 2.15. The van der Waals surface area contributed by atoms with Crippen molar-refractivity contribution in [3.8, 4) is 5.75 Å². The number of nitrogens with zero attached hydrogens (tertiary/aromatic N) is 2. The number of hydrogen-bond acceptors (Lipinski definition) is 4. The zero-order valence-corrected chi connectivity index (χ0v) is 11.9. The van der Waals surface area contributed by atoms with Crippen molar-refractivity contribution in [3.63, 3.8) is 0 Å². The Balaban J connectivity index is 1.82. The van der Waals surface area contributed by atoms with E-state index in [-0.39, 0.29) is 0 Å². The number of rotatable bonds is 5. The van der Waals surface area contributed by atoms with E-state index in [9.17, 15) is 0 Å². The standard InChI is InChI=1S/C17H17N3O/c1-21-17-7-6-13-4-2-3-5-15(13)16(17)11-19-10-14-8-9-18-12-20-14/h2-9,12,19H,10-11H2,1H3. The Kier molecular flexibility index (Phi) is 4.07. The Morgan fingerprint density at radius 2 is 1.95 bits per heavy atom. The molecule has 0 radical (unpaired) electrons. The van der Waals surface area contributed by atoms with Gasteiger partial charge in [-0.05, 0) is 22.9 Å². The lowest BCUT2D eigenvalue weighted by Crippen LogP contribution is -2.14. The van der Waals surface area contributed by atoms with Gasteiger partial charge in [-0.3, -0.25) is 0 Å². The normalized spacial score (nSPS) is 10.7. The highest BCUT2D eigenvalue weighted by Gasteiger charge is 2.07. The molecule has 2 aromatic carbocycles. The van der Waals surface area contributed by atoms with Gasteiger partial charge < -0.3 is 10.1 Å². The third kappa shape index (κ3) is 3.01. The zero-order valence-electron chi connectivity index (χ0n) is 11.9. The van der Waals surface area contributed by atoms with Crippen LogP contribution >= 0.6 is 0 Å². The first kappa shape index (κ1) is 13.5. The van der Waals surface area contributed by atoms with E-state index in [1.165, 1.54) is 16.3 Å². The van der Waals surface area contributed by atoms with E-state index in [1.807, 2.05) is 18.2 Å². The van der Waals surface area contributed by atoms with Crippen LogP contribution in [-0.2, 0) is 13.1 Å². The first-order valence-electron chi connectivity index (χ1n) is 6.88. The Bertz CT molecular complexity index is 728. The molecule has 0 fully saturated rings. The van der Waals surface area contributed by atoms with Crippen molar-refractivity contribution in [2.24, 2.45) is 0 Å². The smallest absolute Gasteiger partial charge is 0.123 e. The first-order chi connectivity index (χ1) is 10.4. The van der Waals surface area contributed by atoms with Gasteiger partial charge in [0.15, 0.2) is 0 Å². The maximum Gasteiger partial charge on any atom is 0.123 e. The number of hydrogen-bond donors (Lipinski definition) is 1. The van der Waals surface area contributed by atoms with Gasteiger partial charge in [-0.2, -0.15) is 0 Å². The molecule has 21 heavy (non-hydrogen) atoms. The van der Waals surface area contributed by atoms with Gasteiger partial charge >= 0.3 is 0 Å². The van der Waals surface area contributed by atoms with Crippen molar-refractivity contribution < 1.29 is 4.74 Å². The van der Waals surface area contributed by atoms with E-state index >= 15 is 0 Å². The average Bonchev–Trinajstić information content (AvgIpc) is 2.56. The topological polar surface area (TPSA) is 47.0 Å². The quantitative estimate of drug-likeness (QED) is 0.780. The molecule has 1 aromatic heterocycles. The number of aromatic nitrogens is 2. The molecular formula is C17H17N3O. The summed E-state index contributed by atoms with van der Waals surface area (Å²) in [7, 11) is 1.71. The van der Waals surface area contributed by atoms with Crippen molar-refractivity contribution >= 4 is 10.8 Å². The highest BCUT2D eigenvalue weighted by Crippen LogP contribution is 2.27. The molecule has 4 nitrogen and oxygen atoms in total. The Morgan fingerprint density at radius 1 is 1.05 bits per heavy atom. The average molecular weight is 279 g/mol. The Labute approximate surface area is 123 Å². The van der Waals surface area contributed by atoms with Crippen molar-refractivity contribution in [1.82, 2.24) is 15.3 Å². The number of benzene rings is 2. The maximum atomic E-state index is 5.49. The number of methoxy groups -OCH3 is 1. The van der Waals surface area contributed by atoms with Gasteiger partial charge in [0.2, 0.25) is 0 Å². The second-order valence-electron chi connectivity index (χ2n) is 4.77. The molecule has 0 aliphatic rings. The van der Waals surface area contributed by atoms with Crippen LogP contribution in [0, 0.1) is 0 Å². The molecule has 0 saturated carbocycles. The van der Waals surface area contributed by atoms with Crippen molar-refractivity contribution in [3.05, 3.63) is 66.2 Å². The van der Waals surface area contributed by atoms with Crippen LogP contribution in [0.2, 0.25) is 0 Å². The summed E-state index contributed by atoms with van der Waals surface area (Å²) in [6.45, 7) is 1.43. The molecule has 1 heterocycles. The molecule has 1 N–H and O–H groups in total. The summed E-state index contributed by atoms with van der Waals surface area (Å²) < 4.78 is 5.49. The van der Waals surface area contributed by atoms with E-state index in [1.54, 1.807) is 19.6 Å². The molecule has 106 valence electrons. The van der Waals surface area contributed by atoms with Crippen LogP contribution in [0.4, 0.5) is 0 Å². The molecule has 0 saturated heterocycles. The van der Waals surface area contributed by atoms with Crippen molar-refractivity contribution in [2.45, 2.75) is 13.1 Å². The van der Waals surface area contributed by atoms with Crippen LogP contribution in [0.15, 0.2) is 55.0 Å². The molecule has 3 rings (SSSR count). The molecular weight excluding hydrogens is 262 g/mol. The molecule has 0 aliphatic carbocycles. The fourth-order valence-electron chi connectivity index (χ4n) is 2.43. The minimum Gasteiger partial charge on any atom is -0.496 e. The van der Waals surface area contributed by atoms with E-state index < -0.39 is 0 Å². The molecule has 0 unspecified atom stereocenters. The summed E-state index contributed by atoms with van der Waals surface area (Å²) in [6, 6.07) is 14.4. The largest absolute Gasteiger partial charge is 0.496 e. The van der Waals surface area contributed by atoms with E-state index in [4.69, 9.17) is 4.74 Å². The lowest BCUT2D eigenvalue weighted by molar-refractivity contribution is 0.408. The molecule has 4 heteroatoms. The fourth-order valence-corrected chi connectivity index (χ4v) is 2.43. The Morgan fingerprint density at radius 3 is 2.76 bits per heavy atom. The van der Waals surface area contributed by atoms with Crippen LogP contribution in [0.5, 0.6) is 5.75 Å². The van der Waals surface area contributed by atoms with Gasteiger partial charge in [0.05, 0.1) is 12.8 Å². The van der Waals surface area contributed by atoms with Crippen LogP contribution in [-0.4, -0.2) is 17.1 Å². The zero-order chi connectivity index (χ0) is 14.5.